The number of carbonyl (C=O) groups excluding carboxylic acids is 1. The monoisotopic (exact) mass is 467 g/mol. The Morgan fingerprint density at radius 1 is 1.30 bits per heavy atom. The van der Waals surface area contributed by atoms with Crippen LogP contribution < -0.4 is 15.5 Å². The predicted octanol–water partition coefficient (Wildman–Crippen LogP) is 5.36. The van der Waals surface area contributed by atoms with Gasteiger partial charge < -0.3 is 20.3 Å². The highest BCUT2D eigenvalue weighted by Gasteiger charge is 2.25. The first kappa shape index (κ1) is 23.3. The van der Waals surface area contributed by atoms with Crippen LogP contribution in [0, 0.1) is 0 Å². The van der Waals surface area contributed by atoms with Crippen molar-refractivity contribution < 1.29 is 9.53 Å². The molecule has 1 amide bonds. The van der Waals surface area contributed by atoms with Crippen LogP contribution in [-0.4, -0.2) is 40.8 Å². The second kappa shape index (κ2) is 9.95. The summed E-state index contributed by atoms with van der Waals surface area (Å²) in [5.41, 5.74) is 4.98. The highest BCUT2D eigenvalue weighted by atomic mass is 32.1. The molecule has 4 rings (SSSR count). The molecule has 3 aromatic heterocycles. The number of aromatic nitrogens is 2. The average molecular weight is 468 g/mol. The Hall–Kier alpha value is -2.87. The molecular weight excluding hydrogens is 434 g/mol. The number of amides is 1. The van der Waals surface area contributed by atoms with Crippen molar-refractivity contribution in [1.29, 1.82) is 0 Å². The molecule has 0 radical (unpaired) electrons. The van der Waals surface area contributed by atoms with Crippen molar-refractivity contribution in [1.82, 2.24) is 15.3 Å². The molecule has 1 aliphatic rings. The van der Waals surface area contributed by atoms with Gasteiger partial charge in [-0.2, -0.15) is 0 Å². The van der Waals surface area contributed by atoms with Gasteiger partial charge in [0, 0.05) is 25.3 Å². The predicted molar refractivity (Wildman–Crippen MR) is 135 cm³/mol. The fourth-order valence-corrected chi connectivity index (χ4v) is 5.11. The number of rotatable bonds is 6. The molecule has 0 saturated carbocycles. The summed E-state index contributed by atoms with van der Waals surface area (Å²) in [4.78, 5) is 23.8. The van der Waals surface area contributed by atoms with Crippen molar-refractivity contribution >= 4 is 39.0 Å². The molecule has 7 nitrogen and oxygen atoms in total. The van der Waals surface area contributed by atoms with E-state index in [0.717, 1.165) is 54.9 Å². The number of piperidine rings is 1. The van der Waals surface area contributed by atoms with E-state index >= 15 is 0 Å². The first-order valence-corrected chi connectivity index (χ1v) is 12.5. The standard InChI is InChI=1S/C25H33N5O2S/c1-5-17-16-33-22-9-8-18(28-23(17)22)13-27-20-14-26-11-10-21(20)30-12-6-7-19(15-30)29-24(31)32-25(2,3)4/h8-11,14,16,19,27H,5-7,12-13,15H2,1-4H3,(H,29,31)/t19-/m0/s1. The number of pyridine rings is 2. The molecule has 176 valence electrons. The molecule has 2 N–H and O–H groups in total. The minimum atomic E-state index is -0.501. The molecule has 4 heterocycles. The molecule has 0 aromatic carbocycles. The maximum absolute atomic E-state index is 12.2. The summed E-state index contributed by atoms with van der Waals surface area (Å²) >= 11 is 1.75. The minimum Gasteiger partial charge on any atom is -0.444 e. The van der Waals surface area contributed by atoms with Crippen LogP contribution in [0.5, 0.6) is 0 Å². The molecule has 0 unspecified atom stereocenters. The van der Waals surface area contributed by atoms with Crippen LogP contribution in [0.25, 0.3) is 10.2 Å². The van der Waals surface area contributed by atoms with Crippen molar-refractivity contribution in [2.45, 2.75) is 65.1 Å². The number of nitrogens with zero attached hydrogens (tertiary/aromatic N) is 3. The molecule has 1 atom stereocenters. The molecule has 8 heteroatoms. The molecule has 0 bridgehead atoms. The van der Waals surface area contributed by atoms with Crippen molar-refractivity contribution in [3.8, 4) is 0 Å². The van der Waals surface area contributed by atoms with E-state index in [1.54, 1.807) is 11.3 Å². The molecule has 0 aliphatic carbocycles. The van der Waals surface area contributed by atoms with Crippen LogP contribution in [0.2, 0.25) is 0 Å². The fraction of sp³-hybridized carbons (Fsp3) is 0.480. The summed E-state index contributed by atoms with van der Waals surface area (Å²) in [6.07, 6.45) is 6.25. The van der Waals surface area contributed by atoms with Crippen LogP contribution >= 0.6 is 11.3 Å². The number of aryl methyl sites for hydroxylation is 1. The van der Waals surface area contributed by atoms with E-state index in [-0.39, 0.29) is 12.1 Å². The van der Waals surface area contributed by atoms with E-state index < -0.39 is 5.60 Å². The summed E-state index contributed by atoms with van der Waals surface area (Å²) in [5, 5.41) is 8.76. The lowest BCUT2D eigenvalue weighted by Crippen LogP contribution is -2.49. The lowest BCUT2D eigenvalue weighted by atomic mass is 10.0. The number of nitrogens with one attached hydrogen (secondary N) is 2. The zero-order valence-electron chi connectivity index (χ0n) is 19.9. The number of thiophene rings is 1. The van der Waals surface area contributed by atoms with E-state index in [4.69, 9.17) is 9.72 Å². The fourth-order valence-electron chi connectivity index (χ4n) is 4.12. The van der Waals surface area contributed by atoms with Crippen LogP contribution in [0.1, 0.15) is 51.8 Å². The van der Waals surface area contributed by atoms with E-state index in [0.29, 0.717) is 6.54 Å². The number of hydrogen-bond acceptors (Lipinski definition) is 7. The number of carbonyl (C=O) groups is 1. The summed E-state index contributed by atoms with van der Waals surface area (Å²) < 4.78 is 6.67. The van der Waals surface area contributed by atoms with Gasteiger partial charge in [-0.1, -0.05) is 6.92 Å². The van der Waals surface area contributed by atoms with Crippen molar-refractivity contribution in [2.24, 2.45) is 0 Å². The maximum Gasteiger partial charge on any atom is 0.407 e. The quantitative estimate of drug-likeness (QED) is 0.508. The Bertz CT molecular complexity index is 1110. The lowest BCUT2D eigenvalue weighted by molar-refractivity contribution is 0.0500. The Labute approximate surface area is 199 Å². The zero-order chi connectivity index (χ0) is 23.4. The normalized spacial score (nSPS) is 16.6. The lowest BCUT2D eigenvalue weighted by Gasteiger charge is -2.36. The average Bonchev–Trinajstić information content (AvgIpc) is 3.19. The van der Waals surface area contributed by atoms with Gasteiger partial charge in [-0.3, -0.25) is 4.98 Å². The largest absolute Gasteiger partial charge is 0.444 e. The van der Waals surface area contributed by atoms with Gasteiger partial charge in [0.1, 0.15) is 5.60 Å². The van der Waals surface area contributed by atoms with Gasteiger partial charge in [0.05, 0.1) is 40.0 Å². The van der Waals surface area contributed by atoms with Crippen molar-refractivity contribution in [3.05, 3.63) is 47.2 Å². The summed E-state index contributed by atoms with van der Waals surface area (Å²) in [6.45, 7) is 10.1. The zero-order valence-corrected chi connectivity index (χ0v) is 20.7. The van der Waals surface area contributed by atoms with Gasteiger partial charge in [0.25, 0.3) is 0 Å². The van der Waals surface area contributed by atoms with Crippen LogP contribution in [0.3, 0.4) is 0 Å². The molecule has 3 aromatic rings. The maximum atomic E-state index is 12.2. The second-order valence-corrected chi connectivity index (χ2v) is 10.4. The van der Waals surface area contributed by atoms with E-state index in [2.05, 4.69) is 45.0 Å². The molecule has 1 saturated heterocycles. The first-order chi connectivity index (χ1) is 15.8. The van der Waals surface area contributed by atoms with Crippen molar-refractivity contribution in [2.75, 3.05) is 23.3 Å². The van der Waals surface area contributed by atoms with Gasteiger partial charge in [-0.05, 0) is 69.2 Å². The van der Waals surface area contributed by atoms with Gasteiger partial charge in [-0.25, -0.2) is 9.78 Å². The third-order valence-corrected chi connectivity index (χ3v) is 6.66. The van der Waals surface area contributed by atoms with Gasteiger partial charge in [0.15, 0.2) is 0 Å². The van der Waals surface area contributed by atoms with E-state index in [9.17, 15) is 4.79 Å². The Balaban J connectivity index is 1.43. The third kappa shape index (κ3) is 5.93. The summed E-state index contributed by atoms with van der Waals surface area (Å²) in [7, 11) is 0. The minimum absolute atomic E-state index is 0.0461. The number of ether oxygens (including phenoxy) is 1. The number of alkyl carbamates (subject to hydrolysis) is 1. The van der Waals surface area contributed by atoms with Crippen LogP contribution in [-0.2, 0) is 17.7 Å². The van der Waals surface area contributed by atoms with Crippen molar-refractivity contribution in [3.63, 3.8) is 0 Å². The first-order valence-electron chi connectivity index (χ1n) is 11.6. The molecule has 1 aliphatic heterocycles. The Morgan fingerprint density at radius 3 is 2.94 bits per heavy atom. The van der Waals surface area contributed by atoms with Crippen LogP contribution in [0.4, 0.5) is 16.2 Å². The highest BCUT2D eigenvalue weighted by molar-refractivity contribution is 7.17. The number of fused-ring (bicyclic) bond motifs is 1. The second-order valence-electron chi connectivity index (χ2n) is 9.44. The highest BCUT2D eigenvalue weighted by Crippen LogP contribution is 2.29. The SMILES string of the molecule is CCc1csc2ccc(CNc3cnccc3N3CCC[C@H](NC(=O)OC(C)(C)C)C3)nc12. The van der Waals surface area contributed by atoms with Gasteiger partial charge in [-0.15, -0.1) is 11.3 Å². The Morgan fingerprint density at radius 2 is 2.15 bits per heavy atom. The van der Waals surface area contributed by atoms with E-state index in [1.807, 2.05) is 39.2 Å². The topological polar surface area (TPSA) is 79.4 Å². The summed E-state index contributed by atoms with van der Waals surface area (Å²) in [5.74, 6) is 0. The third-order valence-electron chi connectivity index (χ3n) is 5.67. The molecule has 33 heavy (non-hydrogen) atoms. The molecular formula is C25H33N5O2S. The molecule has 0 spiro atoms. The molecule has 1 fully saturated rings. The smallest absolute Gasteiger partial charge is 0.407 e. The van der Waals surface area contributed by atoms with Gasteiger partial charge in [0.2, 0.25) is 0 Å². The Kier molecular flexibility index (Phi) is 7.02. The number of anilines is 2. The summed E-state index contributed by atoms with van der Waals surface area (Å²) in [6, 6.07) is 6.32. The van der Waals surface area contributed by atoms with E-state index in [1.165, 1.54) is 10.3 Å². The van der Waals surface area contributed by atoms with Crippen LogP contribution in [0.15, 0.2) is 36.0 Å². The van der Waals surface area contributed by atoms with Gasteiger partial charge >= 0.3 is 6.09 Å². The number of hydrogen-bond donors (Lipinski definition) is 2.